The van der Waals surface area contributed by atoms with E-state index in [2.05, 4.69) is 26.2 Å². The van der Waals surface area contributed by atoms with E-state index in [0.29, 0.717) is 11.4 Å². The summed E-state index contributed by atoms with van der Waals surface area (Å²) >= 11 is 3.49. The van der Waals surface area contributed by atoms with E-state index < -0.39 is 4.32 Å². The van der Waals surface area contributed by atoms with Crippen LogP contribution in [-0.4, -0.2) is 47.9 Å². The summed E-state index contributed by atoms with van der Waals surface area (Å²) in [6.45, 7) is 1.72. The molecule has 0 N–H and O–H groups in total. The van der Waals surface area contributed by atoms with Crippen LogP contribution in [0.5, 0.6) is 5.75 Å². The highest BCUT2D eigenvalue weighted by molar-refractivity contribution is 9.11. The van der Waals surface area contributed by atoms with Gasteiger partial charge in [-0.15, -0.1) is 0 Å². The van der Waals surface area contributed by atoms with Crippen molar-refractivity contribution < 1.29 is 14.4 Å². The van der Waals surface area contributed by atoms with Crippen LogP contribution in [0.25, 0.3) is 0 Å². The average Bonchev–Trinajstić information content (AvgIpc) is 2.73. The minimum atomic E-state index is -1.12. The molecule has 0 aromatic heterocycles. The number of oxime groups is 1. The largest absolute Gasteiger partial charge is 0.497 e. The number of alkyl halides is 1. The maximum Gasteiger partial charge on any atom is 0.271 e. The number of methoxy groups -OCH3 is 1. The molecular formula is C14H16BrN3O3. The highest BCUT2D eigenvalue weighted by Gasteiger charge is 2.51. The molecule has 0 spiro atoms. The summed E-state index contributed by atoms with van der Waals surface area (Å²) in [5.41, 5.74) is 1.85. The van der Waals surface area contributed by atoms with Crippen LogP contribution < -0.4 is 4.74 Å². The standard InChI is InChI=1S/C14H16BrN3O3/c1-9(17-21-4)14(15)12(16-18(2)13(14)19)10-5-7-11(20-3)8-6-10/h5-8H,1-4H3. The summed E-state index contributed by atoms with van der Waals surface area (Å²) in [6.07, 6.45) is 0. The maximum absolute atomic E-state index is 12.5. The molecule has 112 valence electrons. The lowest BCUT2D eigenvalue weighted by molar-refractivity contribution is -0.127. The van der Waals surface area contributed by atoms with E-state index in [1.54, 1.807) is 21.1 Å². The van der Waals surface area contributed by atoms with Gasteiger partial charge in [-0.3, -0.25) is 4.79 Å². The van der Waals surface area contributed by atoms with Gasteiger partial charge in [-0.1, -0.05) is 21.1 Å². The number of benzene rings is 1. The molecule has 1 amide bonds. The molecule has 1 aromatic carbocycles. The smallest absolute Gasteiger partial charge is 0.271 e. The van der Waals surface area contributed by atoms with E-state index >= 15 is 0 Å². The zero-order valence-corrected chi connectivity index (χ0v) is 13.8. The number of carbonyl (C=O) groups excluding carboxylic acids is 1. The number of ether oxygens (including phenoxy) is 1. The molecule has 0 fully saturated rings. The van der Waals surface area contributed by atoms with E-state index in [1.807, 2.05) is 24.3 Å². The molecule has 1 aliphatic heterocycles. The van der Waals surface area contributed by atoms with Gasteiger partial charge in [-0.25, -0.2) is 5.01 Å². The van der Waals surface area contributed by atoms with E-state index in [1.165, 1.54) is 12.1 Å². The van der Waals surface area contributed by atoms with Crippen molar-refractivity contribution in [2.75, 3.05) is 21.3 Å². The van der Waals surface area contributed by atoms with Gasteiger partial charge in [0.1, 0.15) is 18.6 Å². The van der Waals surface area contributed by atoms with Crippen molar-refractivity contribution in [2.45, 2.75) is 11.2 Å². The van der Waals surface area contributed by atoms with Crippen LogP contribution in [-0.2, 0) is 9.63 Å². The molecule has 0 bridgehead atoms. The Morgan fingerprint density at radius 1 is 1.33 bits per heavy atom. The summed E-state index contributed by atoms with van der Waals surface area (Å²) < 4.78 is 4.02. The third-order valence-corrected chi connectivity index (χ3v) is 4.54. The fourth-order valence-corrected chi connectivity index (χ4v) is 2.76. The van der Waals surface area contributed by atoms with Gasteiger partial charge in [0, 0.05) is 12.6 Å². The number of hydrazone groups is 1. The highest BCUT2D eigenvalue weighted by Crippen LogP contribution is 2.34. The lowest BCUT2D eigenvalue weighted by Gasteiger charge is -2.21. The van der Waals surface area contributed by atoms with Crippen molar-refractivity contribution in [3.63, 3.8) is 0 Å². The topological polar surface area (TPSA) is 63.5 Å². The van der Waals surface area contributed by atoms with E-state index in [9.17, 15) is 4.79 Å². The Bertz CT molecular complexity index is 612. The van der Waals surface area contributed by atoms with Crippen LogP contribution in [0.2, 0.25) is 0 Å². The van der Waals surface area contributed by atoms with Gasteiger partial charge in [-0.05, 0) is 31.2 Å². The fraction of sp³-hybridized carbons (Fsp3) is 0.357. The average molecular weight is 354 g/mol. The molecule has 2 rings (SSSR count). The quantitative estimate of drug-likeness (QED) is 0.472. The zero-order chi connectivity index (χ0) is 15.6. The molecule has 21 heavy (non-hydrogen) atoms. The normalized spacial score (nSPS) is 22.3. The zero-order valence-electron chi connectivity index (χ0n) is 12.3. The van der Waals surface area contributed by atoms with Crippen LogP contribution in [0.4, 0.5) is 0 Å². The van der Waals surface area contributed by atoms with Crippen molar-refractivity contribution >= 4 is 33.3 Å². The molecule has 1 atom stereocenters. The number of hydrogen-bond donors (Lipinski definition) is 0. The van der Waals surface area contributed by atoms with Gasteiger partial charge in [0.25, 0.3) is 5.91 Å². The molecule has 1 aromatic rings. The number of nitrogens with zero attached hydrogens (tertiary/aromatic N) is 3. The Morgan fingerprint density at radius 2 is 1.95 bits per heavy atom. The summed E-state index contributed by atoms with van der Waals surface area (Å²) in [5, 5.41) is 9.51. The van der Waals surface area contributed by atoms with Gasteiger partial charge in [0.2, 0.25) is 0 Å². The molecule has 0 saturated heterocycles. The first-order chi connectivity index (χ1) is 9.94. The molecule has 1 unspecified atom stereocenters. The van der Waals surface area contributed by atoms with Gasteiger partial charge >= 0.3 is 0 Å². The van der Waals surface area contributed by atoms with Crippen molar-refractivity contribution in [2.24, 2.45) is 10.3 Å². The second-order valence-electron chi connectivity index (χ2n) is 4.52. The molecule has 7 heteroatoms. The van der Waals surface area contributed by atoms with E-state index in [-0.39, 0.29) is 5.91 Å². The molecule has 1 heterocycles. The number of halogens is 1. The van der Waals surface area contributed by atoms with Crippen molar-refractivity contribution in [1.82, 2.24) is 5.01 Å². The number of hydrogen-bond acceptors (Lipinski definition) is 5. The lowest BCUT2D eigenvalue weighted by atomic mass is 9.93. The molecule has 6 nitrogen and oxygen atoms in total. The predicted molar refractivity (Wildman–Crippen MR) is 84.1 cm³/mol. The molecule has 0 aliphatic carbocycles. The van der Waals surface area contributed by atoms with Crippen LogP contribution in [0.1, 0.15) is 12.5 Å². The highest BCUT2D eigenvalue weighted by atomic mass is 79.9. The van der Waals surface area contributed by atoms with E-state index in [0.717, 1.165) is 11.3 Å². The first-order valence-corrected chi connectivity index (χ1v) is 7.03. The van der Waals surface area contributed by atoms with Crippen LogP contribution in [0, 0.1) is 0 Å². The third kappa shape index (κ3) is 2.53. The predicted octanol–water partition coefficient (Wildman–Crippen LogP) is 2.03. The Kier molecular flexibility index (Phi) is 4.32. The number of amides is 1. The summed E-state index contributed by atoms with van der Waals surface area (Å²) in [4.78, 5) is 17.3. The van der Waals surface area contributed by atoms with Crippen molar-refractivity contribution in [3.05, 3.63) is 29.8 Å². The summed E-state index contributed by atoms with van der Waals surface area (Å²) in [5.74, 6) is 0.520. The maximum atomic E-state index is 12.5. The Hall–Kier alpha value is -1.89. The van der Waals surface area contributed by atoms with Gasteiger partial charge in [0.15, 0.2) is 4.32 Å². The monoisotopic (exact) mass is 353 g/mol. The Morgan fingerprint density at radius 3 is 2.48 bits per heavy atom. The number of rotatable bonds is 4. The minimum Gasteiger partial charge on any atom is -0.497 e. The lowest BCUT2D eigenvalue weighted by Crippen LogP contribution is -2.46. The second kappa shape index (κ2) is 5.85. The van der Waals surface area contributed by atoms with Gasteiger partial charge < -0.3 is 9.57 Å². The summed E-state index contributed by atoms with van der Waals surface area (Å²) in [7, 11) is 4.64. The molecule has 0 saturated carbocycles. The SMILES string of the molecule is CON=C(C)C1(Br)C(=O)N(C)N=C1c1ccc(OC)cc1. The Balaban J connectivity index is 2.50. The first-order valence-electron chi connectivity index (χ1n) is 6.24. The van der Waals surface area contributed by atoms with Crippen LogP contribution in [0.3, 0.4) is 0 Å². The minimum absolute atomic E-state index is 0.216. The first kappa shape index (κ1) is 15.5. The number of carbonyl (C=O) groups is 1. The van der Waals surface area contributed by atoms with E-state index in [4.69, 9.17) is 9.57 Å². The molecular weight excluding hydrogens is 338 g/mol. The van der Waals surface area contributed by atoms with Crippen LogP contribution >= 0.6 is 15.9 Å². The summed E-state index contributed by atoms with van der Waals surface area (Å²) in [6, 6.07) is 7.33. The molecule has 0 radical (unpaired) electrons. The third-order valence-electron chi connectivity index (χ3n) is 3.26. The van der Waals surface area contributed by atoms with Crippen molar-refractivity contribution in [1.29, 1.82) is 0 Å². The van der Waals surface area contributed by atoms with Crippen LogP contribution in [0.15, 0.2) is 34.5 Å². The second-order valence-corrected chi connectivity index (χ2v) is 5.71. The van der Waals surface area contributed by atoms with Gasteiger partial charge in [0.05, 0.1) is 12.8 Å². The molecule has 1 aliphatic rings. The Labute approximate surface area is 131 Å². The van der Waals surface area contributed by atoms with Crippen molar-refractivity contribution in [3.8, 4) is 5.75 Å². The van der Waals surface area contributed by atoms with Gasteiger partial charge in [-0.2, -0.15) is 5.10 Å². The fourth-order valence-electron chi connectivity index (χ4n) is 2.12.